The quantitative estimate of drug-likeness (QED) is 0.553. The van der Waals surface area contributed by atoms with Crippen molar-refractivity contribution in [2.75, 3.05) is 0 Å². The molecule has 0 fully saturated rings. The van der Waals surface area contributed by atoms with Gasteiger partial charge in [-0.25, -0.2) is 0 Å². The van der Waals surface area contributed by atoms with E-state index in [-0.39, 0.29) is 10.6 Å². The van der Waals surface area contributed by atoms with E-state index in [2.05, 4.69) is 0 Å². The van der Waals surface area contributed by atoms with E-state index in [0.717, 1.165) is 0 Å². The Labute approximate surface area is 71.9 Å². The van der Waals surface area contributed by atoms with E-state index in [1.54, 1.807) is 18.2 Å². The number of allylic oxidation sites excluding steroid dienone is 4. The first-order valence-corrected chi connectivity index (χ1v) is 4.52. The second-order valence-corrected chi connectivity index (χ2v) is 3.41. The Morgan fingerprint density at radius 1 is 1.42 bits per heavy atom. The Bertz CT molecular complexity index is 377. The zero-order chi connectivity index (χ0) is 9.14. The van der Waals surface area contributed by atoms with Crippen LogP contribution in [0.3, 0.4) is 0 Å². The van der Waals surface area contributed by atoms with E-state index >= 15 is 0 Å². The molecule has 0 N–H and O–H groups in total. The second kappa shape index (κ2) is 3.49. The van der Waals surface area contributed by atoms with Crippen LogP contribution in [0.5, 0.6) is 0 Å². The SMILES string of the molecule is CC(=O)C1C=CC=CC1=S(=O)=O. The van der Waals surface area contributed by atoms with Gasteiger partial charge in [0, 0.05) is 0 Å². The highest BCUT2D eigenvalue weighted by Gasteiger charge is 2.18. The molecule has 12 heavy (non-hydrogen) atoms. The summed E-state index contributed by atoms with van der Waals surface area (Å²) in [5, 5.41) is 0. The van der Waals surface area contributed by atoms with Gasteiger partial charge >= 0.3 is 0 Å². The van der Waals surface area contributed by atoms with Gasteiger partial charge in [-0.1, -0.05) is 18.2 Å². The highest BCUT2D eigenvalue weighted by Crippen LogP contribution is 2.09. The standard InChI is InChI=1S/C8H8O3S/c1-6(9)7-4-2-3-5-8(7)12(10)11/h2-5,7H,1H3. The van der Waals surface area contributed by atoms with Crippen LogP contribution in [0.4, 0.5) is 0 Å². The maximum Gasteiger partial charge on any atom is 0.218 e. The Morgan fingerprint density at radius 2 is 2.08 bits per heavy atom. The van der Waals surface area contributed by atoms with Crippen molar-refractivity contribution in [3.05, 3.63) is 24.3 Å². The molecule has 0 saturated carbocycles. The van der Waals surface area contributed by atoms with E-state index < -0.39 is 16.2 Å². The number of hydrogen-bond donors (Lipinski definition) is 0. The van der Waals surface area contributed by atoms with E-state index in [9.17, 15) is 13.2 Å². The Kier molecular flexibility index (Phi) is 2.60. The first kappa shape index (κ1) is 8.93. The lowest BCUT2D eigenvalue weighted by Crippen LogP contribution is -2.20. The molecule has 1 atom stereocenters. The molecule has 3 nitrogen and oxygen atoms in total. The summed E-state index contributed by atoms with van der Waals surface area (Å²) in [5.74, 6) is -0.747. The van der Waals surface area contributed by atoms with Crippen LogP contribution in [0.25, 0.3) is 0 Å². The number of rotatable bonds is 1. The third-order valence-electron chi connectivity index (χ3n) is 1.61. The van der Waals surface area contributed by atoms with Crippen molar-refractivity contribution < 1.29 is 13.2 Å². The summed E-state index contributed by atoms with van der Waals surface area (Å²) in [6.07, 6.45) is 6.29. The summed E-state index contributed by atoms with van der Waals surface area (Å²) >= 11 is 0. The monoisotopic (exact) mass is 184 g/mol. The molecule has 0 aromatic carbocycles. The second-order valence-electron chi connectivity index (χ2n) is 2.47. The summed E-state index contributed by atoms with van der Waals surface area (Å²) < 4.78 is 21.2. The smallest absolute Gasteiger partial charge is 0.218 e. The van der Waals surface area contributed by atoms with Crippen LogP contribution in [-0.4, -0.2) is 19.1 Å². The lowest BCUT2D eigenvalue weighted by Gasteiger charge is -2.08. The molecule has 0 bridgehead atoms. The maximum absolute atomic E-state index is 10.9. The molecular weight excluding hydrogens is 176 g/mol. The molecule has 0 aromatic rings. The molecule has 0 amide bonds. The van der Waals surface area contributed by atoms with Gasteiger partial charge < -0.3 is 0 Å². The summed E-state index contributed by atoms with van der Waals surface area (Å²) in [4.78, 5) is 11.1. The maximum atomic E-state index is 10.9. The summed E-state index contributed by atoms with van der Waals surface area (Å²) in [5.41, 5.74) is 0. The van der Waals surface area contributed by atoms with Crippen molar-refractivity contribution >= 4 is 20.9 Å². The number of hydrogen-bond acceptors (Lipinski definition) is 3. The van der Waals surface area contributed by atoms with E-state index in [0.29, 0.717) is 0 Å². The number of carbonyl (C=O) groups excluding carboxylic acids is 1. The molecule has 0 aromatic heterocycles. The Hall–Kier alpha value is -1.16. The predicted molar refractivity (Wildman–Crippen MR) is 46.4 cm³/mol. The van der Waals surface area contributed by atoms with Crippen molar-refractivity contribution in [3.63, 3.8) is 0 Å². The fourth-order valence-corrected chi connectivity index (χ4v) is 1.66. The van der Waals surface area contributed by atoms with E-state index in [1.807, 2.05) is 0 Å². The summed E-state index contributed by atoms with van der Waals surface area (Å²) in [6.45, 7) is 1.38. The first-order valence-electron chi connectivity index (χ1n) is 3.44. The minimum atomic E-state index is -2.29. The van der Waals surface area contributed by atoms with Crippen LogP contribution in [0.15, 0.2) is 24.3 Å². The number of ketones is 1. The van der Waals surface area contributed by atoms with Crippen molar-refractivity contribution in [1.29, 1.82) is 0 Å². The lowest BCUT2D eigenvalue weighted by atomic mass is 9.97. The minimum Gasteiger partial charge on any atom is -0.299 e. The van der Waals surface area contributed by atoms with Gasteiger partial charge in [0.1, 0.15) is 5.78 Å². The van der Waals surface area contributed by atoms with Gasteiger partial charge in [-0.3, -0.25) is 4.79 Å². The molecule has 0 heterocycles. The molecule has 64 valence electrons. The van der Waals surface area contributed by atoms with Crippen LogP contribution in [0.1, 0.15) is 6.92 Å². The number of Topliss-reactive ketones (excluding diaryl/α,β-unsaturated/α-hetero) is 1. The van der Waals surface area contributed by atoms with Gasteiger partial charge in [-0.15, -0.1) is 0 Å². The lowest BCUT2D eigenvalue weighted by molar-refractivity contribution is -0.117. The highest BCUT2D eigenvalue weighted by molar-refractivity contribution is 7.73. The van der Waals surface area contributed by atoms with Crippen LogP contribution in [-0.2, 0) is 15.1 Å². The van der Waals surface area contributed by atoms with E-state index in [1.165, 1.54) is 13.0 Å². The van der Waals surface area contributed by atoms with Gasteiger partial charge in [0.05, 0.1) is 10.8 Å². The molecule has 0 spiro atoms. The molecule has 1 aliphatic rings. The Morgan fingerprint density at radius 3 is 2.50 bits per heavy atom. The molecule has 4 heteroatoms. The largest absolute Gasteiger partial charge is 0.299 e. The Balaban J connectivity index is 3.19. The zero-order valence-corrected chi connectivity index (χ0v) is 7.34. The molecule has 0 radical (unpaired) electrons. The van der Waals surface area contributed by atoms with Crippen LogP contribution in [0, 0.1) is 5.92 Å². The van der Waals surface area contributed by atoms with Crippen LogP contribution < -0.4 is 0 Å². The average molecular weight is 184 g/mol. The minimum absolute atomic E-state index is 0.144. The van der Waals surface area contributed by atoms with Gasteiger partial charge in [0.15, 0.2) is 0 Å². The third-order valence-corrected chi connectivity index (χ3v) is 2.39. The van der Waals surface area contributed by atoms with Gasteiger partial charge in [0.2, 0.25) is 10.3 Å². The average Bonchev–Trinajstić information content (AvgIpc) is 2.04. The predicted octanol–water partition coefficient (Wildman–Crippen LogP) is 0.369. The summed E-state index contributed by atoms with van der Waals surface area (Å²) in [6, 6.07) is 0. The molecule has 0 aliphatic heterocycles. The van der Waals surface area contributed by atoms with Crippen LogP contribution in [0.2, 0.25) is 0 Å². The first-order chi connectivity index (χ1) is 5.63. The molecule has 0 saturated heterocycles. The summed E-state index contributed by atoms with van der Waals surface area (Å²) in [7, 11) is -2.29. The fraction of sp³-hybridized carbons (Fsp3) is 0.250. The topological polar surface area (TPSA) is 51.2 Å². The van der Waals surface area contributed by atoms with Crippen molar-refractivity contribution in [2.24, 2.45) is 5.92 Å². The zero-order valence-electron chi connectivity index (χ0n) is 6.52. The van der Waals surface area contributed by atoms with Crippen molar-refractivity contribution in [2.45, 2.75) is 6.92 Å². The van der Waals surface area contributed by atoms with Gasteiger partial charge in [-0.05, 0) is 13.0 Å². The van der Waals surface area contributed by atoms with Gasteiger partial charge in [-0.2, -0.15) is 8.42 Å². The van der Waals surface area contributed by atoms with Crippen molar-refractivity contribution in [1.82, 2.24) is 0 Å². The molecule has 1 unspecified atom stereocenters. The van der Waals surface area contributed by atoms with Crippen molar-refractivity contribution in [3.8, 4) is 0 Å². The van der Waals surface area contributed by atoms with Gasteiger partial charge in [0.25, 0.3) is 0 Å². The molecular formula is C8H8O3S. The fourth-order valence-electron chi connectivity index (χ4n) is 1.02. The molecule has 1 rings (SSSR count). The molecule has 1 aliphatic carbocycles. The highest BCUT2D eigenvalue weighted by atomic mass is 32.2. The normalized spacial score (nSPS) is 21.1. The van der Waals surface area contributed by atoms with E-state index in [4.69, 9.17) is 0 Å². The van der Waals surface area contributed by atoms with Crippen LogP contribution >= 0.6 is 0 Å². The number of carbonyl (C=O) groups is 1. The third kappa shape index (κ3) is 1.71.